The number of carbonyl (C=O) groups is 1. The van der Waals surface area contributed by atoms with Crippen molar-refractivity contribution in [3.63, 3.8) is 0 Å². The fraction of sp³-hybridized carbons (Fsp3) is 0.588. The molecule has 1 aromatic carbocycles. The topological polar surface area (TPSA) is 32.3 Å². The Morgan fingerprint density at radius 2 is 2.05 bits per heavy atom. The van der Waals surface area contributed by atoms with Gasteiger partial charge < -0.3 is 10.2 Å². The molecule has 1 aromatic rings. The zero-order chi connectivity index (χ0) is 15.7. The molecule has 0 aromatic heterocycles. The van der Waals surface area contributed by atoms with E-state index in [1.54, 1.807) is 0 Å². The number of hydrogen-bond donors (Lipinski definition) is 1. The highest BCUT2D eigenvalue weighted by Gasteiger charge is 2.47. The minimum absolute atomic E-state index is 0.0804. The van der Waals surface area contributed by atoms with E-state index >= 15 is 0 Å². The summed E-state index contributed by atoms with van der Waals surface area (Å²) in [5.74, 6) is -0.538. The Hall–Kier alpha value is -1.49. The minimum Gasteiger partial charge on any atom is -0.342 e. The molecule has 2 atom stereocenters. The Balaban J connectivity index is 1.57. The number of likely N-dealkylation sites (tertiary alicyclic amines) is 1. The van der Waals surface area contributed by atoms with E-state index in [9.17, 15) is 13.6 Å². The van der Waals surface area contributed by atoms with Crippen molar-refractivity contribution in [2.24, 2.45) is 11.8 Å². The molecule has 2 unspecified atom stereocenters. The number of nitrogens with one attached hydrogen (secondary N) is 1. The van der Waals surface area contributed by atoms with Gasteiger partial charge >= 0.3 is 0 Å². The van der Waals surface area contributed by atoms with Crippen molar-refractivity contribution < 1.29 is 13.6 Å². The minimum atomic E-state index is -0.573. The van der Waals surface area contributed by atoms with Crippen molar-refractivity contribution in [3.8, 4) is 0 Å². The van der Waals surface area contributed by atoms with Gasteiger partial charge in [0.05, 0.1) is 0 Å². The second kappa shape index (κ2) is 6.32. The van der Waals surface area contributed by atoms with Crippen molar-refractivity contribution in [2.75, 3.05) is 26.7 Å². The first-order valence-electron chi connectivity index (χ1n) is 7.98. The molecule has 1 N–H and O–H groups in total. The fourth-order valence-electron chi connectivity index (χ4n) is 3.49. The van der Waals surface area contributed by atoms with Gasteiger partial charge in [-0.15, -0.1) is 0 Å². The van der Waals surface area contributed by atoms with Gasteiger partial charge in [0, 0.05) is 25.1 Å². The first kappa shape index (κ1) is 15.4. The molecular weight excluding hydrogens is 286 g/mol. The van der Waals surface area contributed by atoms with Crippen molar-refractivity contribution >= 4 is 5.91 Å². The zero-order valence-electron chi connectivity index (χ0n) is 12.8. The normalized spacial score (nSPS) is 25.3. The van der Waals surface area contributed by atoms with Crippen LogP contribution in [0.3, 0.4) is 0 Å². The van der Waals surface area contributed by atoms with Gasteiger partial charge in [0.15, 0.2) is 0 Å². The Morgan fingerprint density at radius 1 is 1.32 bits per heavy atom. The number of halogens is 2. The highest BCUT2D eigenvalue weighted by Crippen LogP contribution is 2.49. The van der Waals surface area contributed by atoms with Crippen LogP contribution in [0, 0.1) is 23.5 Å². The van der Waals surface area contributed by atoms with Crippen LogP contribution in [0.2, 0.25) is 0 Å². The number of amides is 1. The van der Waals surface area contributed by atoms with Gasteiger partial charge in [0.25, 0.3) is 0 Å². The van der Waals surface area contributed by atoms with Gasteiger partial charge in [-0.05, 0) is 56.3 Å². The van der Waals surface area contributed by atoms with E-state index in [1.165, 1.54) is 12.1 Å². The SMILES string of the molecule is CNCC1CCN(C(=O)C2CC2c2ccc(F)cc2F)CC1. The van der Waals surface area contributed by atoms with Crippen LogP contribution in [0.15, 0.2) is 18.2 Å². The predicted octanol–water partition coefficient (Wildman–Crippen LogP) is 2.53. The van der Waals surface area contributed by atoms with E-state index in [0.717, 1.165) is 38.5 Å². The molecule has 3 nitrogen and oxygen atoms in total. The molecule has 2 fully saturated rings. The quantitative estimate of drug-likeness (QED) is 0.927. The van der Waals surface area contributed by atoms with Gasteiger partial charge in [-0.1, -0.05) is 6.07 Å². The van der Waals surface area contributed by atoms with Gasteiger partial charge in [-0.2, -0.15) is 0 Å². The van der Waals surface area contributed by atoms with E-state index in [-0.39, 0.29) is 17.7 Å². The molecule has 0 radical (unpaired) electrons. The number of nitrogens with zero attached hydrogens (tertiary/aromatic N) is 1. The summed E-state index contributed by atoms with van der Waals surface area (Å²) in [6.45, 7) is 2.58. The first-order chi connectivity index (χ1) is 10.6. The lowest BCUT2D eigenvalue weighted by molar-refractivity contribution is -0.134. The van der Waals surface area contributed by atoms with Crippen LogP contribution >= 0.6 is 0 Å². The third kappa shape index (κ3) is 3.14. The first-order valence-corrected chi connectivity index (χ1v) is 7.98. The molecule has 1 aliphatic heterocycles. The molecule has 1 aliphatic carbocycles. The lowest BCUT2D eigenvalue weighted by Gasteiger charge is -2.32. The second-order valence-electron chi connectivity index (χ2n) is 6.44. The molecular formula is C17H22F2N2O. The van der Waals surface area contributed by atoms with Crippen molar-refractivity contribution in [1.82, 2.24) is 10.2 Å². The number of carbonyl (C=O) groups excluding carboxylic acids is 1. The summed E-state index contributed by atoms with van der Waals surface area (Å²) >= 11 is 0. The third-order valence-electron chi connectivity index (χ3n) is 4.89. The van der Waals surface area contributed by atoms with Crippen LogP contribution < -0.4 is 5.32 Å². The predicted molar refractivity (Wildman–Crippen MR) is 80.4 cm³/mol. The molecule has 120 valence electrons. The maximum absolute atomic E-state index is 13.8. The van der Waals surface area contributed by atoms with Crippen LogP contribution in [-0.2, 0) is 4.79 Å². The third-order valence-corrected chi connectivity index (χ3v) is 4.89. The molecule has 3 rings (SSSR count). The summed E-state index contributed by atoms with van der Waals surface area (Å²) in [6.07, 6.45) is 2.72. The van der Waals surface area contributed by atoms with Gasteiger partial charge in [-0.3, -0.25) is 4.79 Å². The average molecular weight is 308 g/mol. The molecule has 1 saturated carbocycles. The molecule has 1 heterocycles. The van der Waals surface area contributed by atoms with Gasteiger partial charge in [0.2, 0.25) is 5.91 Å². The van der Waals surface area contributed by atoms with Crippen molar-refractivity contribution in [2.45, 2.75) is 25.2 Å². The molecule has 5 heteroatoms. The fourth-order valence-corrected chi connectivity index (χ4v) is 3.49. The standard InChI is InChI=1S/C17H22F2N2O/c1-20-10-11-4-6-21(7-5-11)17(22)15-9-14(15)13-3-2-12(18)8-16(13)19/h2-3,8,11,14-15,20H,4-7,9-10H2,1H3. The maximum atomic E-state index is 13.8. The largest absolute Gasteiger partial charge is 0.342 e. The molecule has 1 amide bonds. The summed E-state index contributed by atoms with van der Waals surface area (Å²) < 4.78 is 26.7. The van der Waals surface area contributed by atoms with Crippen molar-refractivity contribution in [1.29, 1.82) is 0 Å². The van der Waals surface area contributed by atoms with E-state index in [2.05, 4.69) is 5.32 Å². The molecule has 0 spiro atoms. The Bertz CT molecular complexity index is 556. The Morgan fingerprint density at radius 3 is 2.68 bits per heavy atom. The highest BCUT2D eigenvalue weighted by molar-refractivity contribution is 5.83. The summed E-state index contributed by atoms with van der Waals surface area (Å²) in [6, 6.07) is 3.64. The van der Waals surface area contributed by atoms with Crippen LogP contribution in [0.25, 0.3) is 0 Å². The van der Waals surface area contributed by atoms with E-state index < -0.39 is 11.6 Å². The molecule has 0 bridgehead atoms. The molecule has 22 heavy (non-hydrogen) atoms. The van der Waals surface area contributed by atoms with E-state index in [1.807, 2.05) is 11.9 Å². The summed E-state index contributed by atoms with van der Waals surface area (Å²) in [5.41, 5.74) is 0.477. The van der Waals surface area contributed by atoms with Crippen molar-refractivity contribution in [3.05, 3.63) is 35.4 Å². The van der Waals surface area contributed by atoms with Gasteiger partial charge in [-0.25, -0.2) is 8.78 Å². The van der Waals surface area contributed by atoms with Crippen LogP contribution in [0.1, 0.15) is 30.7 Å². The number of piperidine rings is 1. The molecule has 2 aliphatic rings. The number of hydrogen-bond acceptors (Lipinski definition) is 2. The Kier molecular flexibility index (Phi) is 4.43. The smallest absolute Gasteiger partial charge is 0.226 e. The Labute approximate surface area is 129 Å². The lowest BCUT2D eigenvalue weighted by atomic mass is 9.96. The second-order valence-corrected chi connectivity index (χ2v) is 6.44. The monoisotopic (exact) mass is 308 g/mol. The average Bonchev–Trinajstić information content (AvgIpc) is 3.28. The summed E-state index contributed by atoms with van der Waals surface area (Å²) in [7, 11) is 1.95. The zero-order valence-corrected chi connectivity index (χ0v) is 12.8. The summed E-state index contributed by atoms with van der Waals surface area (Å²) in [5, 5.41) is 3.18. The maximum Gasteiger partial charge on any atom is 0.226 e. The molecule has 1 saturated heterocycles. The number of benzene rings is 1. The highest BCUT2D eigenvalue weighted by atomic mass is 19.1. The van der Waals surface area contributed by atoms with Crippen LogP contribution in [0.4, 0.5) is 8.78 Å². The van der Waals surface area contributed by atoms with Crippen LogP contribution in [-0.4, -0.2) is 37.5 Å². The number of rotatable bonds is 4. The van der Waals surface area contributed by atoms with E-state index in [4.69, 9.17) is 0 Å². The van der Waals surface area contributed by atoms with Gasteiger partial charge in [0.1, 0.15) is 11.6 Å². The lowest BCUT2D eigenvalue weighted by Crippen LogP contribution is -2.41. The van der Waals surface area contributed by atoms with Crippen LogP contribution in [0.5, 0.6) is 0 Å². The van der Waals surface area contributed by atoms with E-state index in [0.29, 0.717) is 17.9 Å². The summed E-state index contributed by atoms with van der Waals surface area (Å²) in [4.78, 5) is 14.4.